The highest BCUT2D eigenvalue weighted by Gasteiger charge is 2.20. The number of anilines is 1. The van der Waals surface area contributed by atoms with E-state index in [1.807, 2.05) is 19.2 Å². The Balaban J connectivity index is 3.18. The Labute approximate surface area is 121 Å². The van der Waals surface area contributed by atoms with Crippen molar-refractivity contribution in [2.45, 2.75) is 26.8 Å². The Bertz CT molecular complexity index is 445. The van der Waals surface area contributed by atoms with E-state index < -0.39 is 0 Å². The fourth-order valence-electron chi connectivity index (χ4n) is 2.36. The average Bonchev–Trinajstić information content (AvgIpc) is 2.28. The second-order valence-corrected chi connectivity index (χ2v) is 5.53. The van der Waals surface area contributed by atoms with Gasteiger partial charge >= 0.3 is 0 Å². The lowest BCUT2D eigenvalue weighted by Gasteiger charge is -2.32. The molecule has 0 aliphatic carbocycles. The molecule has 0 saturated carbocycles. The van der Waals surface area contributed by atoms with Crippen LogP contribution in [0.4, 0.5) is 5.82 Å². The first-order valence-corrected chi connectivity index (χ1v) is 6.96. The van der Waals surface area contributed by atoms with Crippen LogP contribution in [-0.2, 0) is 0 Å². The summed E-state index contributed by atoms with van der Waals surface area (Å²) in [7, 11) is 4.14. The molecular formula is C14H24N4S. The van der Waals surface area contributed by atoms with Gasteiger partial charge in [0.2, 0.25) is 0 Å². The molecule has 1 aromatic rings. The Kier molecular flexibility index (Phi) is 5.69. The van der Waals surface area contributed by atoms with Crippen LogP contribution in [0.3, 0.4) is 0 Å². The number of hydrogen-bond donors (Lipinski definition) is 1. The van der Waals surface area contributed by atoms with Gasteiger partial charge in [0.25, 0.3) is 0 Å². The van der Waals surface area contributed by atoms with Gasteiger partial charge in [-0.3, -0.25) is 0 Å². The quantitative estimate of drug-likeness (QED) is 0.805. The van der Waals surface area contributed by atoms with Gasteiger partial charge in [0.05, 0.1) is 5.56 Å². The molecular weight excluding hydrogens is 256 g/mol. The first kappa shape index (κ1) is 15.9. The molecule has 1 heterocycles. The van der Waals surface area contributed by atoms with E-state index in [4.69, 9.17) is 18.0 Å². The van der Waals surface area contributed by atoms with Crippen molar-refractivity contribution in [1.29, 1.82) is 0 Å². The molecule has 19 heavy (non-hydrogen) atoms. The lowest BCUT2D eigenvalue weighted by Crippen LogP contribution is -2.41. The summed E-state index contributed by atoms with van der Waals surface area (Å²) in [6, 6.07) is 2.30. The van der Waals surface area contributed by atoms with E-state index in [2.05, 4.69) is 42.7 Å². The molecule has 1 aromatic heterocycles. The maximum atomic E-state index is 5.86. The minimum atomic E-state index is 0.349. The molecule has 0 bridgehead atoms. The van der Waals surface area contributed by atoms with Crippen molar-refractivity contribution >= 4 is 23.0 Å². The van der Waals surface area contributed by atoms with Crippen molar-refractivity contribution in [2.75, 3.05) is 32.1 Å². The van der Waals surface area contributed by atoms with E-state index in [0.29, 0.717) is 11.0 Å². The standard InChI is InChI=1S/C14H24N4S/c1-6-18(11(3)9-17(4)5)14-12(13(15)19)10(2)7-8-16-14/h7-8,11H,6,9H2,1-5H3,(H2,15,19). The Morgan fingerprint density at radius 2 is 2.11 bits per heavy atom. The average molecular weight is 280 g/mol. The second-order valence-electron chi connectivity index (χ2n) is 5.09. The zero-order valence-corrected chi connectivity index (χ0v) is 13.3. The third-order valence-corrected chi connectivity index (χ3v) is 3.36. The van der Waals surface area contributed by atoms with Crippen LogP contribution in [0, 0.1) is 6.92 Å². The zero-order chi connectivity index (χ0) is 14.6. The van der Waals surface area contributed by atoms with Gasteiger partial charge in [-0.15, -0.1) is 0 Å². The summed E-state index contributed by atoms with van der Waals surface area (Å²) < 4.78 is 0. The van der Waals surface area contributed by atoms with Crippen molar-refractivity contribution in [3.8, 4) is 0 Å². The van der Waals surface area contributed by atoms with E-state index in [9.17, 15) is 0 Å². The molecule has 0 radical (unpaired) electrons. The smallest absolute Gasteiger partial charge is 0.139 e. The summed E-state index contributed by atoms with van der Waals surface area (Å²) in [4.78, 5) is 9.33. The number of nitrogens with two attached hydrogens (primary N) is 1. The molecule has 0 aliphatic heterocycles. The molecule has 0 saturated heterocycles. The van der Waals surface area contributed by atoms with Crippen molar-refractivity contribution in [3.63, 3.8) is 0 Å². The summed E-state index contributed by atoms with van der Waals surface area (Å²) in [5.41, 5.74) is 7.83. The predicted molar refractivity (Wildman–Crippen MR) is 85.9 cm³/mol. The lowest BCUT2D eigenvalue weighted by molar-refractivity contribution is 0.372. The van der Waals surface area contributed by atoms with E-state index in [1.165, 1.54) is 0 Å². The number of pyridine rings is 1. The molecule has 1 rings (SSSR count). The largest absolute Gasteiger partial charge is 0.389 e. The molecule has 0 spiro atoms. The van der Waals surface area contributed by atoms with Gasteiger partial charge in [0, 0.05) is 25.3 Å². The van der Waals surface area contributed by atoms with E-state index in [1.54, 1.807) is 0 Å². The topological polar surface area (TPSA) is 45.4 Å². The van der Waals surface area contributed by atoms with Crippen LogP contribution in [0.5, 0.6) is 0 Å². The molecule has 2 N–H and O–H groups in total. The number of aromatic nitrogens is 1. The van der Waals surface area contributed by atoms with Gasteiger partial charge in [-0.1, -0.05) is 12.2 Å². The van der Waals surface area contributed by atoms with E-state index >= 15 is 0 Å². The molecule has 0 fully saturated rings. The minimum absolute atomic E-state index is 0.349. The summed E-state index contributed by atoms with van der Waals surface area (Å²) in [6.45, 7) is 8.17. The Morgan fingerprint density at radius 1 is 1.47 bits per heavy atom. The van der Waals surface area contributed by atoms with Gasteiger partial charge in [-0.05, 0) is 46.5 Å². The summed E-state index contributed by atoms with van der Waals surface area (Å²) >= 11 is 5.18. The number of likely N-dealkylation sites (N-methyl/N-ethyl adjacent to an activating group) is 2. The SMILES string of the molecule is CCN(c1nccc(C)c1C(N)=S)C(C)CN(C)C. The molecule has 5 heteroatoms. The van der Waals surface area contributed by atoms with Crippen LogP contribution in [-0.4, -0.2) is 48.1 Å². The number of hydrogen-bond acceptors (Lipinski definition) is 4. The third-order valence-electron chi connectivity index (χ3n) is 3.16. The van der Waals surface area contributed by atoms with Gasteiger partial charge in [0.15, 0.2) is 0 Å². The number of nitrogens with zero attached hydrogens (tertiary/aromatic N) is 3. The van der Waals surface area contributed by atoms with Crippen molar-refractivity contribution in [1.82, 2.24) is 9.88 Å². The molecule has 0 aromatic carbocycles. The highest BCUT2D eigenvalue weighted by molar-refractivity contribution is 7.80. The molecule has 1 unspecified atom stereocenters. The third kappa shape index (κ3) is 3.88. The van der Waals surface area contributed by atoms with Gasteiger partial charge in [-0.25, -0.2) is 4.98 Å². The normalized spacial score (nSPS) is 12.5. The van der Waals surface area contributed by atoms with Gasteiger partial charge < -0.3 is 15.5 Å². The fourth-order valence-corrected chi connectivity index (χ4v) is 2.62. The lowest BCUT2D eigenvalue weighted by atomic mass is 10.1. The summed E-state index contributed by atoms with van der Waals surface area (Å²) in [5, 5.41) is 0. The highest BCUT2D eigenvalue weighted by atomic mass is 32.1. The first-order valence-electron chi connectivity index (χ1n) is 6.55. The van der Waals surface area contributed by atoms with Crippen LogP contribution in [0.25, 0.3) is 0 Å². The number of rotatable bonds is 6. The molecule has 4 nitrogen and oxygen atoms in total. The highest BCUT2D eigenvalue weighted by Crippen LogP contribution is 2.22. The van der Waals surface area contributed by atoms with E-state index in [0.717, 1.165) is 30.0 Å². The summed E-state index contributed by atoms with van der Waals surface area (Å²) in [6.07, 6.45) is 1.82. The van der Waals surface area contributed by atoms with Crippen LogP contribution in [0.2, 0.25) is 0 Å². The Morgan fingerprint density at radius 3 is 2.58 bits per heavy atom. The maximum Gasteiger partial charge on any atom is 0.139 e. The number of aryl methyl sites for hydroxylation is 1. The van der Waals surface area contributed by atoms with Crippen molar-refractivity contribution < 1.29 is 0 Å². The van der Waals surface area contributed by atoms with Crippen LogP contribution in [0.1, 0.15) is 25.0 Å². The number of thiocarbonyl (C=S) groups is 1. The van der Waals surface area contributed by atoms with Gasteiger partial charge in [-0.2, -0.15) is 0 Å². The zero-order valence-electron chi connectivity index (χ0n) is 12.5. The van der Waals surface area contributed by atoms with Crippen molar-refractivity contribution in [3.05, 3.63) is 23.4 Å². The second kappa shape index (κ2) is 6.82. The molecule has 106 valence electrons. The monoisotopic (exact) mass is 280 g/mol. The molecule has 0 amide bonds. The van der Waals surface area contributed by atoms with Crippen LogP contribution < -0.4 is 10.6 Å². The first-order chi connectivity index (χ1) is 8.88. The summed E-state index contributed by atoms with van der Waals surface area (Å²) in [5.74, 6) is 0.893. The van der Waals surface area contributed by atoms with Crippen LogP contribution in [0.15, 0.2) is 12.3 Å². The Hall–Kier alpha value is -1.20. The minimum Gasteiger partial charge on any atom is -0.389 e. The predicted octanol–water partition coefficient (Wildman–Crippen LogP) is 1.80. The molecule has 0 aliphatic rings. The maximum absolute atomic E-state index is 5.86. The van der Waals surface area contributed by atoms with E-state index in [-0.39, 0.29) is 0 Å². The fraction of sp³-hybridized carbons (Fsp3) is 0.571. The van der Waals surface area contributed by atoms with Crippen LogP contribution >= 0.6 is 12.2 Å². The van der Waals surface area contributed by atoms with Crippen molar-refractivity contribution in [2.24, 2.45) is 5.73 Å². The molecule has 1 atom stereocenters. The van der Waals surface area contributed by atoms with Gasteiger partial charge in [0.1, 0.15) is 10.8 Å².